The number of para-hydroxylation sites is 2. The summed E-state index contributed by atoms with van der Waals surface area (Å²) in [6.07, 6.45) is 7.02. The lowest BCUT2D eigenvalue weighted by atomic mass is 10.1. The van der Waals surface area contributed by atoms with Crippen LogP contribution in [-0.4, -0.2) is 43.8 Å². The molecule has 2 saturated carbocycles. The molecule has 0 saturated heterocycles. The molecule has 0 unspecified atom stereocenters. The number of aryl methyl sites for hydroxylation is 3. The fourth-order valence-electron chi connectivity index (χ4n) is 4.68. The van der Waals surface area contributed by atoms with Crippen LogP contribution in [0.2, 0.25) is 0 Å². The van der Waals surface area contributed by atoms with E-state index in [0.29, 0.717) is 53.9 Å². The Morgan fingerprint density at radius 3 is 2.33 bits per heavy atom. The number of aromatic nitrogens is 4. The minimum Gasteiger partial charge on any atom is -0.493 e. The second-order valence-corrected chi connectivity index (χ2v) is 10.5. The van der Waals surface area contributed by atoms with Crippen molar-refractivity contribution in [3.63, 3.8) is 0 Å². The number of nitrogens with zero attached hydrogens (tertiary/aromatic N) is 5. The zero-order valence-corrected chi connectivity index (χ0v) is 23.5. The molecule has 6 rings (SSSR count). The smallest absolute Gasteiger partial charge is 0.275 e. The van der Waals surface area contributed by atoms with Gasteiger partial charge in [-0.05, 0) is 62.3 Å². The first-order chi connectivity index (χ1) is 20.6. The molecule has 4 aromatic rings. The standard InChI is InChI=1S/C31H33N5O6/c1-3-4-12-25-33-29(37)27(30-35-34-26(41-30)18-13-19-8-5-6-9-22(19)42-32-2)31(38)36(25)28-23(39-20-14-15-20)10-7-11-24(28)40-21-16-17-21/h5-11,20-21,37H,2-4,12-18H2,1H3. The topological polar surface area (TPSA) is 134 Å². The molecule has 11 heteroatoms. The Morgan fingerprint density at radius 1 is 0.976 bits per heavy atom. The van der Waals surface area contributed by atoms with E-state index in [0.717, 1.165) is 44.1 Å². The monoisotopic (exact) mass is 571 g/mol. The first kappa shape index (κ1) is 27.5. The first-order valence-electron chi connectivity index (χ1n) is 14.4. The van der Waals surface area contributed by atoms with Gasteiger partial charge in [-0.3, -0.25) is 9.36 Å². The molecule has 0 bridgehead atoms. The van der Waals surface area contributed by atoms with Gasteiger partial charge >= 0.3 is 0 Å². The number of ether oxygens (including phenoxy) is 2. The van der Waals surface area contributed by atoms with Gasteiger partial charge in [0, 0.05) is 19.6 Å². The summed E-state index contributed by atoms with van der Waals surface area (Å²) < 4.78 is 19.9. The van der Waals surface area contributed by atoms with Gasteiger partial charge in [0.25, 0.3) is 11.4 Å². The van der Waals surface area contributed by atoms with Gasteiger partial charge in [-0.1, -0.05) is 42.8 Å². The molecule has 0 amide bonds. The SMILES string of the molecule is C=NOc1ccccc1CCc1nnc(-c2c(O)nc(CCCC)n(-c3c(OC4CC4)cccc3OC3CC3)c2=O)o1. The fourth-order valence-corrected chi connectivity index (χ4v) is 4.68. The maximum Gasteiger partial charge on any atom is 0.275 e. The van der Waals surface area contributed by atoms with Gasteiger partial charge in [0.1, 0.15) is 23.0 Å². The van der Waals surface area contributed by atoms with Crippen molar-refractivity contribution >= 4 is 6.72 Å². The van der Waals surface area contributed by atoms with Gasteiger partial charge < -0.3 is 23.8 Å². The van der Waals surface area contributed by atoms with Gasteiger partial charge in [-0.15, -0.1) is 10.2 Å². The second kappa shape index (κ2) is 12.1. The quantitative estimate of drug-likeness (QED) is 0.160. The van der Waals surface area contributed by atoms with E-state index >= 15 is 0 Å². The molecule has 2 aliphatic carbocycles. The molecule has 11 nitrogen and oxygen atoms in total. The van der Waals surface area contributed by atoms with Crippen LogP contribution in [-0.2, 0) is 19.3 Å². The summed E-state index contributed by atoms with van der Waals surface area (Å²) in [7, 11) is 0. The van der Waals surface area contributed by atoms with Crippen LogP contribution in [0.15, 0.2) is 56.8 Å². The summed E-state index contributed by atoms with van der Waals surface area (Å²) in [5.41, 5.74) is 0.653. The first-order valence-corrected chi connectivity index (χ1v) is 14.4. The molecule has 0 aliphatic heterocycles. The van der Waals surface area contributed by atoms with Gasteiger partial charge in [-0.25, -0.2) is 0 Å². The van der Waals surface area contributed by atoms with E-state index < -0.39 is 11.4 Å². The Morgan fingerprint density at radius 2 is 1.67 bits per heavy atom. The Bertz CT molecular complexity index is 1610. The Kier molecular flexibility index (Phi) is 7.89. The third-order valence-corrected chi connectivity index (χ3v) is 7.13. The largest absolute Gasteiger partial charge is 0.493 e. The maximum absolute atomic E-state index is 14.3. The van der Waals surface area contributed by atoms with E-state index in [9.17, 15) is 9.90 Å². The number of unbranched alkanes of at least 4 members (excludes halogenated alkanes) is 1. The number of hydrogen-bond donors (Lipinski definition) is 1. The number of oxime groups is 1. The third kappa shape index (κ3) is 6.00. The average Bonchev–Trinajstić information content (AvgIpc) is 3.92. The molecular formula is C31H33N5O6. The molecule has 1 N–H and O–H groups in total. The Hall–Kier alpha value is -4.67. The van der Waals surface area contributed by atoms with Crippen LogP contribution < -0.4 is 19.9 Å². The van der Waals surface area contributed by atoms with E-state index in [2.05, 4.69) is 34.0 Å². The molecule has 0 radical (unpaired) electrons. The maximum atomic E-state index is 14.3. The lowest BCUT2D eigenvalue weighted by Crippen LogP contribution is -2.27. The van der Waals surface area contributed by atoms with E-state index in [1.807, 2.05) is 36.4 Å². The van der Waals surface area contributed by atoms with Crippen LogP contribution in [0.3, 0.4) is 0 Å². The van der Waals surface area contributed by atoms with Crippen LogP contribution in [0, 0.1) is 0 Å². The van der Waals surface area contributed by atoms with Crippen LogP contribution in [0.1, 0.15) is 62.7 Å². The van der Waals surface area contributed by atoms with Crippen molar-refractivity contribution in [3.8, 4) is 40.3 Å². The number of hydrogen-bond acceptors (Lipinski definition) is 10. The van der Waals surface area contributed by atoms with E-state index in [-0.39, 0.29) is 23.7 Å². The Labute approximate surface area is 242 Å². The minimum absolute atomic E-state index is 0.0931. The molecule has 2 aliphatic rings. The third-order valence-electron chi connectivity index (χ3n) is 7.13. The van der Waals surface area contributed by atoms with Crippen molar-refractivity contribution in [1.29, 1.82) is 0 Å². The molecule has 0 atom stereocenters. The minimum atomic E-state index is -0.535. The summed E-state index contributed by atoms with van der Waals surface area (Å²) in [5.74, 6) is 1.78. The molecule has 2 heterocycles. The van der Waals surface area contributed by atoms with Crippen molar-refractivity contribution < 1.29 is 23.8 Å². The highest BCUT2D eigenvalue weighted by molar-refractivity contribution is 5.63. The Balaban J connectivity index is 1.40. The normalized spacial score (nSPS) is 14.5. The molecule has 2 aromatic carbocycles. The van der Waals surface area contributed by atoms with E-state index in [1.165, 1.54) is 4.57 Å². The fraction of sp³-hybridized carbons (Fsp3) is 0.387. The zero-order chi connectivity index (χ0) is 29.1. The lowest BCUT2D eigenvalue weighted by molar-refractivity contribution is 0.284. The van der Waals surface area contributed by atoms with Crippen LogP contribution in [0.5, 0.6) is 23.1 Å². The molecule has 2 fully saturated rings. The van der Waals surface area contributed by atoms with Gasteiger partial charge in [0.15, 0.2) is 11.3 Å². The van der Waals surface area contributed by atoms with Crippen molar-refractivity contribution in [1.82, 2.24) is 19.7 Å². The van der Waals surface area contributed by atoms with E-state index in [1.54, 1.807) is 6.07 Å². The molecule has 0 spiro atoms. The number of aromatic hydroxyl groups is 1. The number of benzene rings is 2. The van der Waals surface area contributed by atoms with Crippen LogP contribution >= 0.6 is 0 Å². The van der Waals surface area contributed by atoms with Gasteiger partial charge in [-0.2, -0.15) is 4.98 Å². The highest BCUT2D eigenvalue weighted by Gasteiger charge is 2.32. The predicted octanol–water partition coefficient (Wildman–Crippen LogP) is 5.19. The summed E-state index contributed by atoms with van der Waals surface area (Å²) in [6.45, 7) is 5.43. The van der Waals surface area contributed by atoms with Crippen molar-refractivity contribution in [2.75, 3.05) is 0 Å². The summed E-state index contributed by atoms with van der Waals surface area (Å²) >= 11 is 0. The zero-order valence-electron chi connectivity index (χ0n) is 23.5. The van der Waals surface area contributed by atoms with E-state index in [4.69, 9.17) is 18.7 Å². The van der Waals surface area contributed by atoms with Gasteiger partial charge in [0.05, 0.1) is 12.2 Å². The average molecular weight is 572 g/mol. The summed E-state index contributed by atoms with van der Waals surface area (Å²) in [6, 6.07) is 13.0. The van der Waals surface area contributed by atoms with Gasteiger partial charge in [0.2, 0.25) is 11.8 Å². The molecule has 42 heavy (non-hydrogen) atoms. The van der Waals surface area contributed by atoms with Crippen molar-refractivity contribution in [3.05, 3.63) is 70.1 Å². The molecule has 2 aromatic heterocycles. The molecular weight excluding hydrogens is 538 g/mol. The predicted molar refractivity (Wildman–Crippen MR) is 155 cm³/mol. The highest BCUT2D eigenvalue weighted by atomic mass is 16.6. The van der Waals surface area contributed by atoms with Crippen molar-refractivity contribution in [2.45, 2.75) is 76.9 Å². The highest BCUT2D eigenvalue weighted by Crippen LogP contribution is 2.40. The van der Waals surface area contributed by atoms with Crippen molar-refractivity contribution in [2.24, 2.45) is 5.16 Å². The summed E-state index contributed by atoms with van der Waals surface area (Å²) in [4.78, 5) is 24.0. The van der Waals surface area contributed by atoms with Crippen LogP contribution in [0.4, 0.5) is 0 Å². The summed E-state index contributed by atoms with van der Waals surface area (Å²) in [5, 5.41) is 22.8. The van der Waals surface area contributed by atoms with Crippen LogP contribution in [0.25, 0.3) is 17.1 Å². The lowest BCUT2D eigenvalue weighted by Gasteiger charge is -2.20. The molecule has 218 valence electrons. The second-order valence-electron chi connectivity index (χ2n) is 10.5. The number of rotatable bonds is 14.